The number of hydrogen-bond acceptors (Lipinski definition) is 2. The molecule has 0 unspecified atom stereocenters. The lowest BCUT2D eigenvalue weighted by molar-refractivity contribution is 0.236. The summed E-state index contributed by atoms with van der Waals surface area (Å²) in [5, 5.41) is 0. The van der Waals surface area contributed by atoms with E-state index < -0.39 is 0 Å². The van der Waals surface area contributed by atoms with E-state index in [4.69, 9.17) is 9.47 Å². The second-order valence-corrected chi connectivity index (χ2v) is 2.49. The third kappa shape index (κ3) is 1.98. The zero-order valence-corrected chi connectivity index (χ0v) is 7.63. The average Bonchev–Trinajstić information content (AvgIpc) is 2.17. The van der Waals surface area contributed by atoms with Crippen molar-refractivity contribution >= 4 is 0 Å². The molecule has 0 fully saturated rings. The van der Waals surface area contributed by atoms with Crippen LogP contribution in [0.3, 0.4) is 0 Å². The van der Waals surface area contributed by atoms with E-state index in [1.807, 2.05) is 31.2 Å². The standard InChI is InChI=1S/C10H13O2/c1-8(11-2)9-4-6-10(12-3)7-5-9/h4-7H,1-3H3. The molecule has 1 aromatic rings. The van der Waals surface area contributed by atoms with Crippen LogP contribution in [0.25, 0.3) is 0 Å². The fourth-order valence-corrected chi connectivity index (χ4v) is 0.944. The van der Waals surface area contributed by atoms with Crippen molar-refractivity contribution in [3.8, 4) is 5.75 Å². The number of rotatable bonds is 3. The first kappa shape index (κ1) is 9.07. The summed E-state index contributed by atoms with van der Waals surface area (Å²) in [7, 11) is 3.32. The van der Waals surface area contributed by atoms with Crippen molar-refractivity contribution in [3.63, 3.8) is 0 Å². The lowest BCUT2D eigenvalue weighted by atomic mass is 10.1. The maximum Gasteiger partial charge on any atom is 0.123 e. The quantitative estimate of drug-likeness (QED) is 0.683. The van der Waals surface area contributed by atoms with E-state index in [9.17, 15) is 0 Å². The van der Waals surface area contributed by atoms with Gasteiger partial charge in [0.25, 0.3) is 0 Å². The Labute approximate surface area is 73.1 Å². The van der Waals surface area contributed by atoms with Gasteiger partial charge in [0.1, 0.15) is 11.9 Å². The normalized spacial score (nSPS) is 10.3. The molecule has 1 rings (SSSR count). The maximum atomic E-state index is 5.09. The maximum absolute atomic E-state index is 5.09. The van der Waals surface area contributed by atoms with Crippen LogP contribution >= 0.6 is 0 Å². The van der Waals surface area contributed by atoms with Crippen LogP contribution in [0.5, 0.6) is 5.75 Å². The van der Waals surface area contributed by atoms with Gasteiger partial charge in [0.05, 0.1) is 7.11 Å². The summed E-state index contributed by atoms with van der Waals surface area (Å²) in [6.45, 7) is 1.93. The Kier molecular flexibility index (Phi) is 3.11. The first-order chi connectivity index (χ1) is 5.77. The fourth-order valence-electron chi connectivity index (χ4n) is 0.944. The van der Waals surface area contributed by atoms with Crippen LogP contribution in [0.15, 0.2) is 24.3 Å². The van der Waals surface area contributed by atoms with E-state index in [2.05, 4.69) is 0 Å². The van der Waals surface area contributed by atoms with Gasteiger partial charge in [-0.25, -0.2) is 0 Å². The van der Waals surface area contributed by atoms with Crippen LogP contribution in [0.4, 0.5) is 0 Å². The second kappa shape index (κ2) is 4.12. The van der Waals surface area contributed by atoms with Gasteiger partial charge in [-0.15, -0.1) is 0 Å². The zero-order valence-electron chi connectivity index (χ0n) is 7.63. The van der Waals surface area contributed by atoms with Gasteiger partial charge < -0.3 is 9.47 Å². The highest BCUT2D eigenvalue weighted by Gasteiger charge is 2.03. The Morgan fingerprint density at radius 3 is 2.08 bits per heavy atom. The Morgan fingerprint density at radius 2 is 1.67 bits per heavy atom. The summed E-state index contributed by atoms with van der Waals surface area (Å²) in [6.07, 6.45) is 0.914. The van der Waals surface area contributed by atoms with E-state index in [1.54, 1.807) is 14.2 Å². The number of hydrogen-bond donors (Lipinski definition) is 0. The highest BCUT2D eigenvalue weighted by Crippen LogP contribution is 2.18. The van der Waals surface area contributed by atoms with Gasteiger partial charge in [-0.2, -0.15) is 0 Å². The molecule has 0 atom stereocenters. The van der Waals surface area contributed by atoms with Crippen LogP contribution < -0.4 is 4.74 Å². The molecule has 0 aliphatic rings. The predicted octanol–water partition coefficient (Wildman–Crippen LogP) is 2.24. The van der Waals surface area contributed by atoms with Crippen LogP contribution in [-0.4, -0.2) is 14.2 Å². The smallest absolute Gasteiger partial charge is 0.123 e. The van der Waals surface area contributed by atoms with Gasteiger partial charge in [0.15, 0.2) is 0 Å². The minimum absolute atomic E-state index is 0.864. The average molecular weight is 165 g/mol. The SMILES string of the molecule is CO[C](C)c1ccc(OC)cc1. The van der Waals surface area contributed by atoms with Gasteiger partial charge in [-0.3, -0.25) is 0 Å². The highest BCUT2D eigenvalue weighted by atomic mass is 16.5. The summed E-state index contributed by atoms with van der Waals surface area (Å²) >= 11 is 0. The zero-order chi connectivity index (χ0) is 8.97. The van der Waals surface area contributed by atoms with E-state index in [0.29, 0.717) is 0 Å². The van der Waals surface area contributed by atoms with Crippen molar-refractivity contribution < 1.29 is 9.47 Å². The molecule has 2 heteroatoms. The molecule has 12 heavy (non-hydrogen) atoms. The van der Waals surface area contributed by atoms with Crippen molar-refractivity contribution in [2.24, 2.45) is 0 Å². The minimum atomic E-state index is 0.864. The molecule has 1 radical (unpaired) electrons. The molecule has 0 aliphatic heterocycles. The lowest BCUT2D eigenvalue weighted by Gasteiger charge is -2.08. The van der Waals surface area contributed by atoms with Crippen molar-refractivity contribution in [2.45, 2.75) is 6.92 Å². The summed E-state index contributed by atoms with van der Waals surface area (Å²) in [5.74, 6) is 0.864. The Bertz CT molecular complexity index is 228. The minimum Gasteiger partial charge on any atom is -0.497 e. The molecule has 0 bridgehead atoms. The van der Waals surface area contributed by atoms with Crippen molar-refractivity contribution in [3.05, 3.63) is 35.9 Å². The second-order valence-electron chi connectivity index (χ2n) is 2.49. The monoisotopic (exact) mass is 165 g/mol. The molecule has 0 amide bonds. The molecule has 1 aromatic carbocycles. The van der Waals surface area contributed by atoms with Gasteiger partial charge in [0, 0.05) is 7.11 Å². The molecule has 0 saturated carbocycles. The van der Waals surface area contributed by atoms with Gasteiger partial charge >= 0.3 is 0 Å². The summed E-state index contributed by atoms with van der Waals surface area (Å²) in [6, 6.07) is 7.77. The summed E-state index contributed by atoms with van der Waals surface area (Å²) < 4.78 is 10.1. The molecule has 0 heterocycles. The molecule has 0 spiro atoms. The van der Waals surface area contributed by atoms with Crippen molar-refractivity contribution in [2.75, 3.05) is 14.2 Å². The molecule has 65 valence electrons. The van der Waals surface area contributed by atoms with E-state index in [-0.39, 0.29) is 0 Å². The topological polar surface area (TPSA) is 18.5 Å². The third-order valence-electron chi connectivity index (χ3n) is 1.80. The first-order valence-electron chi connectivity index (χ1n) is 3.80. The van der Waals surface area contributed by atoms with Gasteiger partial charge in [0.2, 0.25) is 0 Å². The van der Waals surface area contributed by atoms with Crippen LogP contribution in [-0.2, 0) is 4.74 Å². The highest BCUT2D eigenvalue weighted by molar-refractivity contribution is 5.32. The van der Waals surface area contributed by atoms with Crippen molar-refractivity contribution in [1.82, 2.24) is 0 Å². The Balaban J connectivity index is 2.77. The fraction of sp³-hybridized carbons (Fsp3) is 0.300. The number of ether oxygens (including phenoxy) is 2. The molecular weight excluding hydrogens is 152 g/mol. The largest absolute Gasteiger partial charge is 0.497 e. The van der Waals surface area contributed by atoms with E-state index >= 15 is 0 Å². The van der Waals surface area contributed by atoms with E-state index in [0.717, 1.165) is 17.4 Å². The third-order valence-corrected chi connectivity index (χ3v) is 1.80. The Hall–Kier alpha value is -1.02. The van der Waals surface area contributed by atoms with Crippen LogP contribution in [0.1, 0.15) is 12.5 Å². The Morgan fingerprint density at radius 1 is 1.08 bits per heavy atom. The van der Waals surface area contributed by atoms with Gasteiger partial charge in [-0.05, 0) is 24.6 Å². The first-order valence-corrected chi connectivity index (χ1v) is 3.80. The van der Waals surface area contributed by atoms with Crippen molar-refractivity contribution in [1.29, 1.82) is 0 Å². The van der Waals surface area contributed by atoms with Crippen LogP contribution in [0, 0.1) is 6.10 Å². The molecule has 0 N–H and O–H groups in total. The summed E-state index contributed by atoms with van der Waals surface area (Å²) in [5.41, 5.74) is 1.08. The molecule has 0 aromatic heterocycles. The lowest BCUT2D eigenvalue weighted by Crippen LogP contribution is -1.96. The molecule has 0 aliphatic carbocycles. The number of benzene rings is 1. The number of methoxy groups -OCH3 is 2. The van der Waals surface area contributed by atoms with Crippen LogP contribution in [0.2, 0.25) is 0 Å². The molecule has 0 saturated heterocycles. The predicted molar refractivity (Wildman–Crippen MR) is 48.0 cm³/mol. The summed E-state index contributed by atoms with van der Waals surface area (Å²) in [4.78, 5) is 0. The van der Waals surface area contributed by atoms with Gasteiger partial charge in [-0.1, -0.05) is 12.1 Å². The molecule has 2 nitrogen and oxygen atoms in total. The molecular formula is C10H13O2. The van der Waals surface area contributed by atoms with E-state index in [1.165, 1.54) is 0 Å².